The quantitative estimate of drug-likeness (QED) is 0.800. The minimum Gasteiger partial charge on any atom is -0.492 e. The van der Waals surface area contributed by atoms with Gasteiger partial charge in [-0.2, -0.15) is 9.78 Å². The number of aromatic nitrogens is 3. The zero-order valence-electron chi connectivity index (χ0n) is 13.8. The van der Waals surface area contributed by atoms with Gasteiger partial charge in [0, 0.05) is 12.3 Å². The van der Waals surface area contributed by atoms with E-state index in [1.807, 2.05) is 55.5 Å². The lowest BCUT2D eigenvalue weighted by molar-refractivity contribution is -0.121. The third-order valence-electron chi connectivity index (χ3n) is 4.20. The maximum atomic E-state index is 12.7. The van der Waals surface area contributed by atoms with Crippen LogP contribution in [-0.2, 0) is 11.2 Å². The number of hydrogen-bond acceptors (Lipinski definition) is 4. The van der Waals surface area contributed by atoms with Crippen LogP contribution in [0, 0.1) is 12.8 Å². The van der Waals surface area contributed by atoms with Crippen molar-refractivity contribution in [3.8, 4) is 11.6 Å². The molecule has 1 N–H and O–H groups in total. The van der Waals surface area contributed by atoms with Gasteiger partial charge in [-0.15, -0.1) is 0 Å². The fourth-order valence-corrected chi connectivity index (χ4v) is 2.97. The van der Waals surface area contributed by atoms with Crippen molar-refractivity contribution >= 4 is 11.7 Å². The highest BCUT2D eigenvalue weighted by Crippen LogP contribution is 2.27. The Kier molecular flexibility index (Phi) is 3.93. The average Bonchev–Trinajstić information content (AvgIpc) is 3.02. The number of carbonyl (C=O) groups is 1. The summed E-state index contributed by atoms with van der Waals surface area (Å²) in [4.78, 5) is 17.0. The van der Waals surface area contributed by atoms with Crippen LogP contribution in [0.3, 0.4) is 0 Å². The number of nitrogens with one attached hydrogen (secondary N) is 1. The van der Waals surface area contributed by atoms with Crippen LogP contribution in [-0.4, -0.2) is 27.3 Å². The molecule has 1 aromatic carbocycles. The molecule has 3 aromatic rings. The largest absolute Gasteiger partial charge is 0.492 e. The van der Waals surface area contributed by atoms with Gasteiger partial charge in [-0.1, -0.05) is 24.3 Å². The molecule has 4 rings (SSSR count). The second kappa shape index (κ2) is 6.39. The van der Waals surface area contributed by atoms with Gasteiger partial charge in [0.1, 0.15) is 18.2 Å². The molecular weight excluding hydrogens is 316 g/mol. The first-order valence-corrected chi connectivity index (χ1v) is 8.20. The summed E-state index contributed by atoms with van der Waals surface area (Å²) < 4.78 is 7.36. The van der Waals surface area contributed by atoms with E-state index >= 15 is 0 Å². The van der Waals surface area contributed by atoms with Crippen LogP contribution in [0.5, 0.6) is 5.75 Å². The minimum absolute atomic E-state index is 0.0772. The van der Waals surface area contributed by atoms with Gasteiger partial charge in [0.2, 0.25) is 5.91 Å². The zero-order chi connectivity index (χ0) is 17.2. The first-order chi connectivity index (χ1) is 12.2. The van der Waals surface area contributed by atoms with Gasteiger partial charge >= 0.3 is 0 Å². The van der Waals surface area contributed by atoms with E-state index in [4.69, 9.17) is 4.74 Å². The molecule has 0 aliphatic carbocycles. The van der Waals surface area contributed by atoms with Crippen molar-refractivity contribution < 1.29 is 9.53 Å². The van der Waals surface area contributed by atoms with Crippen LogP contribution < -0.4 is 10.1 Å². The maximum absolute atomic E-state index is 12.7. The van der Waals surface area contributed by atoms with E-state index in [9.17, 15) is 4.79 Å². The zero-order valence-corrected chi connectivity index (χ0v) is 13.8. The molecule has 3 heterocycles. The number of anilines is 1. The molecule has 0 bridgehead atoms. The predicted molar refractivity (Wildman–Crippen MR) is 93.9 cm³/mol. The Balaban J connectivity index is 1.54. The van der Waals surface area contributed by atoms with E-state index < -0.39 is 0 Å². The summed E-state index contributed by atoms with van der Waals surface area (Å²) in [6.07, 6.45) is 2.36. The highest BCUT2D eigenvalue weighted by Gasteiger charge is 2.26. The summed E-state index contributed by atoms with van der Waals surface area (Å²) in [5.41, 5.74) is 1.87. The topological polar surface area (TPSA) is 69.0 Å². The number of para-hydroxylation sites is 1. The SMILES string of the molecule is Cc1cc(NC(=O)[C@@H]2COc3ccccc3C2)n(-c2ccccn2)n1. The first-order valence-electron chi connectivity index (χ1n) is 8.20. The third kappa shape index (κ3) is 3.10. The molecule has 2 aromatic heterocycles. The second-order valence-electron chi connectivity index (χ2n) is 6.08. The van der Waals surface area contributed by atoms with Crippen molar-refractivity contribution in [2.24, 2.45) is 5.92 Å². The van der Waals surface area contributed by atoms with Gasteiger partial charge in [-0.05, 0) is 37.1 Å². The number of nitrogens with zero attached hydrogens (tertiary/aromatic N) is 3. The average molecular weight is 334 g/mol. The van der Waals surface area contributed by atoms with Gasteiger partial charge in [-0.3, -0.25) is 4.79 Å². The monoisotopic (exact) mass is 334 g/mol. The lowest BCUT2D eigenvalue weighted by Gasteiger charge is -2.24. The van der Waals surface area contributed by atoms with Crippen LogP contribution in [0.2, 0.25) is 0 Å². The summed E-state index contributed by atoms with van der Waals surface area (Å²) in [6.45, 7) is 2.26. The molecule has 0 unspecified atom stereocenters. The summed E-state index contributed by atoms with van der Waals surface area (Å²) in [5.74, 6) is 1.82. The van der Waals surface area contributed by atoms with E-state index in [1.165, 1.54) is 0 Å². The van der Waals surface area contributed by atoms with Gasteiger partial charge in [-0.25, -0.2) is 4.98 Å². The van der Waals surface area contributed by atoms with Crippen molar-refractivity contribution in [3.05, 3.63) is 66.0 Å². The van der Waals surface area contributed by atoms with Crippen molar-refractivity contribution in [1.29, 1.82) is 0 Å². The molecule has 0 radical (unpaired) electrons. The molecule has 0 fully saturated rings. The van der Waals surface area contributed by atoms with Gasteiger partial charge in [0.15, 0.2) is 5.82 Å². The van der Waals surface area contributed by atoms with Crippen molar-refractivity contribution in [3.63, 3.8) is 0 Å². The number of benzene rings is 1. The fourth-order valence-electron chi connectivity index (χ4n) is 2.97. The molecule has 1 aliphatic heterocycles. The molecule has 25 heavy (non-hydrogen) atoms. The van der Waals surface area contributed by atoms with Gasteiger partial charge in [0.05, 0.1) is 11.6 Å². The van der Waals surface area contributed by atoms with Gasteiger partial charge in [0.25, 0.3) is 0 Å². The van der Waals surface area contributed by atoms with Crippen molar-refractivity contribution in [1.82, 2.24) is 14.8 Å². The van der Waals surface area contributed by atoms with Crippen LogP contribution in [0.25, 0.3) is 5.82 Å². The Morgan fingerprint density at radius 2 is 2.08 bits per heavy atom. The number of pyridine rings is 1. The Morgan fingerprint density at radius 3 is 2.92 bits per heavy atom. The Bertz CT molecular complexity index is 905. The number of amides is 1. The summed E-state index contributed by atoms with van der Waals surface area (Å²) >= 11 is 0. The van der Waals surface area contributed by atoms with E-state index in [1.54, 1.807) is 10.9 Å². The second-order valence-corrected chi connectivity index (χ2v) is 6.08. The maximum Gasteiger partial charge on any atom is 0.232 e. The Labute approximate surface area is 145 Å². The molecule has 6 nitrogen and oxygen atoms in total. The predicted octanol–water partition coefficient (Wildman–Crippen LogP) is 2.77. The Hall–Kier alpha value is -3.15. The van der Waals surface area contributed by atoms with Crippen LogP contribution >= 0.6 is 0 Å². The van der Waals surface area contributed by atoms with Gasteiger partial charge < -0.3 is 10.1 Å². The number of fused-ring (bicyclic) bond motifs is 1. The summed E-state index contributed by atoms with van der Waals surface area (Å²) in [5, 5.41) is 7.40. The smallest absolute Gasteiger partial charge is 0.232 e. The summed E-state index contributed by atoms with van der Waals surface area (Å²) in [7, 11) is 0. The summed E-state index contributed by atoms with van der Waals surface area (Å²) in [6, 6.07) is 15.2. The number of hydrogen-bond donors (Lipinski definition) is 1. The molecule has 1 amide bonds. The number of aryl methyl sites for hydroxylation is 1. The van der Waals surface area contributed by atoms with Crippen LogP contribution in [0.1, 0.15) is 11.3 Å². The van der Waals surface area contributed by atoms with Crippen LogP contribution in [0.15, 0.2) is 54.7 Å². The van der Waals surface area contributed by atoms with Crippen molar-refractivity contribution in [2.45, 2.75) is 13.3 Å². The fraction of sp³-hybridized carbons (Fsp3) is 0.211. The highest BCUT2D eigenvalue weighted by atomic mass is 16.5. The minimum atomic E-state index is -0.234. The molecule has 0 saturated heterocycles. The molecule has 1 atom stereocenters. The molecule has 0 spiro atoms. The molecule has 0 saturated carbocycles. The van der Waals surface area contributed by atoms with E-state index in [-0.39, 0.29) is 11.8 Å². The number of ether oxygens (including phenoxy) is 1. The standard InChI is InChI=1S/C19H18N4O2/c1-13-10-18(23(22-13)17-8-4-5-9-20-17)21-19(24)15-11-14-6-2-3-7-16(14)25-12-15/h2-10,15H,11-12H2,1H3,(H,21,24)/t15-/m0/s1. The first kappa shape index (κ1) is 15.4. The van der Waals surface area contributed by atoms with E-state index in [0.717, 1.165) is 17.0 Å². The Morgan fingerprint density at radius 1 is 1.24 bits per heavy atom. The van der Waals surface area contributed by atoms with E-state index in [2.05, 4.69) is 15.4 Å². The van der Waals surface area contributed by atoms with Crippen molar-refractivity contribution in [2.75, 3.05) is 11.9 Å². The van der Waals surface area contributed by atoms with E-state index in [0.29, 0.717) is 24.7 Å². The molecule has 1 aliphatic rings. The number of rotatable bonds is 3. The highest BCUT2D eigenvalue weighted by molar-refractivity contribution is 5.92. The molecular formula is C19H18N4O2. The third-order valence-corrected chi connectivity index (χ3v) is 4.20. The molecule has 6 heteroatoms. The normalized spacial score (nSPS) is 16.0. The lowest BCUT2D eigenvalue weighted by atomic mass is 9.96. The number of carbonyl (C=O) groups excluding carboxylic acids is 1. The van der Waals surface area contributed by atoms with Crippen LogP contribution in [0.4, 0.5) is 5.82 Å². The lowest BCUT2D eigenvalue weighted by Crippen LogP contribution is -2.33. The molecule has 126 valence electrons.